The Morgan fingerprint density at radius 3 is 2.30 bits per heavy atom. The van der Waals surface area contributed by atoms with E-state index in [-0.39, 0.29) is 23.3 Å². The molecule has 1 N–H and O–H groups in total. The van der Waals surface area contributed by atoms with Gasteiger partial charge < -0.3 is 10.2 Å². The number of amides is 2. The highest BCUT2D eigenvalue weighted by Crippen LogP contribution is 2.37. The number of hydrogen-bond acceptors (Lipinski definition) is 4. The standard InChI is InChI=1S/C25H25N3O4S/c1-17-9-14-22-21(15-17)24(18-7-5-4-6-8-18)28(16-23(29)26-22)25(30)19-10-12-20(13-11-19)33(31,32)27(2)3/h4-15,24H,16H2,1-3H3,(H,26,29). The number of carbonyl (C=O) groups excluding carboxylic acids is 2. The summed E-state index contributed by atoms with van der Waals surface area (Å²) in [5.74, 6) is -0.652. The number of fused-ring (bicyclic) bond motifs is 1. The minimum absolute atomic E-state index is 0.0956. The molecule has 1 atom stereocenters. The van der Waals surface area contributed by atoms with Gasteiger partial charge in [0.05, 0.1) is 10.9 Å². The van der Waals surface area contributed by atoms with E-state index >= 15 is 0 Å². The van der Waals surface area contributed by atoms with E-state index in [9.17, 15) is 18.0 Å². The number of aryl methyl sites for hydroxylation is 1. The van der Waals surface area contributed by atoms with Crippen LogP contribution in [0.1, 0.15) is 33.1 Å². The molecule has 0 saturated carbocycles. The molecule has 8 heteroatoms. The molecule has 0 spiro atoms. The molecular weight excluding hydrogens is 438 g/mol. The lowest BCUT2D eigenvalue weighted by Crippen LogP contribution is -2.39. The molecule has 2 amide bonds. The van der Waals surface area contributed by atoms with Crippen molar-refractivity contribution < 1.29 is 18.0 Å². The molecule has 0 aromatic heterocycles. The third-order valence-electron chi connectivity index (χ3n) is 5.66. The van der Waals surface area contributed by atoms with E-state index < -0.39 is 16.1 Å². The molecule has 170 valence electrons. The molecule has 0 saturated heterocycles. The summed E-state index contributed by atoms with van der Waals surface area (Å²) < 4.78 is 25.9. The van der Waals surface area contributed by atoms with Gasteiger partial charge >= 0.3 is 0 Å². The van der Waals surface area contributed by atoms with Crippen LogP contribution in [0.25, 0.3) is 0 Å². The summed E-state index contributed by atoms with van der Waals surface area (Å²) in [7, 11) is -0.708. The molecule has 0 fully saturated rings. The average Bonchev–Trinajstić information content (AvgIpc) is 2.94. The summed E-state index contributed by atoms with van der Waals surface area (Å²) in [6.45, 7) is 1.83. The maximum atomic E-state index is 13.7. The van der Waals surface area contributed by atoms with Crippen LogP contribution >= 0.6 is 0 Å². The van der Waals surface area contributed by atoms with Crippen LogP contribution in [-0.2, 0) is 14.8 Å². The first-order chi connectivity index (χ1) is 15.7. The Hall–Kier alpha value is -3.49. The minimum Gasteiger partial charge on any atom is -0.324 e. The van der Waals surface area contributed by atoms with Gasteiger partial charge in [-0.25, -0.2) is 12.7 Å². The smallest absolute Gasteiger partial charge is 0.255 e. The number of nitrogens with zero attached hydrogens (tertiary/aromatic N) is 2. The van der Waals surface area contributed by atoms with E-state index in [0.717, 1.165) is 21.0 Å². The third-order valence-corrected chi connectivity index (χ3v) is 7.49. The van der Waals surface area contributed by atoms with E-state index in [2.05, 4.69) is 5.32 Å². The Morgan fingerprint density at radius 2 is 1.67 bits per heavy atom. The van der Waals surface area contributed by atoms with Crippen LogP contribution in [0, 0.1) is 6.92 Å². The van der Waals surface area contributed by atoms with Crippen molar-refractivity contribution in [3.05, 3.63) is 95.1 Å². The maximum Gasteiger partial charge on any atom is 0.255 e. The van der Waals surface area contributed by atoms with E-state index in [4.69, 9.17) is 0 Å². The first-order valence-electron chi connectivity index (χ1n) is 10.5. The van der Waals surface area contributed by atoms with Crippen LogP contribution in [0.4, 0.5) is 5.69 Å². The van der Waals surface area contributed by atoms with Crippen molar-refractivity contribution in [3.8, 4) is 0 Å². The van der Waals surface area contributed by atoms with Crippen molar-refractivity contribution in [2.45, 2.75) is 17.9 Å². The Labute approximate surface area is 193 Å². The van der Waals surface area contributed by atoms with Crippen LogP contribution in [0.15, 0.2) is 77.7 Å². The van der Waals surface area contributed by atoms with Crippen LogP contribution in [0.5, 0.6) is 0 Å². The van der Waals surface area contributed by atoms with Gasteiger partial charge in [-0.1, -0.05) is 48.0 Å². The van der Waals surface area contributed by atoms with Gasteiger partial charge in [0.25, 0.3) is 5.91 Å². The van der Waals surface area contributed by atoms with Crippen LogP contribution in [0.2, 0.25) is 0 Å². The van der Waals surface area contributed by atoms with E-state index in [1.54, 1.807) is 0 Å². The van der Waals surface area contributed by atoms with Crippen molar-refractivity contribution in [2.75, 3.05) is 26.0 Å². The lowest BCUT2D eigenvalue weighted by molar-refractivity contribution is -0.117. The average molecular weight is 464 g/mol. The quantitative estimate of drug-likeness (QED) is 0.642. The van der Waals surface area contributed by atoms with E-state index in [1.807, 2.05) is 55.5 Å². The van der Waals surface area contributed by atoms with Crippen LogP contribution in [0.3, 0.4) is 0 Å². The molecule has 1 aliphatic heterocycles. The van der Waals surface area contributed by atoms with Crippen LogP contribution in [-0.4, -0.2) is 50.1 Å². The summed E-state index contributed by atoms with van der Waals surface area (Å²) in [5.41, 5.74) is 3.68. The van der Waals surface area contributed by atoms with Gasteiger partial charge in [0.1, 0.15) is 6.54 Å². The van der Waals surface area contributed by atoms with Crippen molar-refractivity contribution in [1.29, 1.82) is 0 Å². The summed E-state index contributed by atoms with van der Waals surface area (Å²) in [6.07, 6.45) is 0. The zero-order valence-electron chi connectivity index (χ0n) is 18.6. The Kier molecular flexibility index (Phi) is 6.05. The first kappa shape index (κ1) is 22.7. The number of sulfonamides is 1. The largest absolute Gasteiger partial charge is 0.324 e. The van der Waals surface area contributed by atoms with Crippen LogP contribution < -0.4 is 5.32 Å². The molecule has 1 heterocycles. The second-order valence-corrected chi connectivity index (χ2v) is 10.3. The molecule has 4 rings (SSSR count). The molecule has 3 aromatic carbocycles. The van der Waals surface area contributed by atoms with Crippen molar-refractivity contribution >= 4 is 27.5 Å². The first-order valence-corrected chi connectivity index (χ1v) is 11.9. The molecular formula is C25H25N3O4S. The normalized spacial score (nSPS) is 16.2. The Balaban J connectivity index is 1.80. The molecule has 3 aromatic rings. The summed E-state index contributed by atoms with van der Waals surface area (Å²) >= 11 is 0. The predicted octanol–water partition coefficient (Wildman–Crippen LogP) is 3.43. The number of rotatable bonds is 4. The van der Waals surface area contributed by atoms with Crippen molar-refractivity contribution in [2.24, 2.45) is 0 Å². The fourth-order valence-corrected chi connectivity index (χ4v) is 4.86. The highest BCUT2D eigenvalue weighted by Gasteiger charge is 2.34. The molecule has 1 unspecified atom stereocenters. The number of anilines is 1. The van der Waals surface area contributed by atoms with Gasteiger partial charge in [0, 0.05) is 30.9 Å². The Morgan fingerprint density at radius 1 is 1.00 bits per heavy atom. The highest BCUT2D eigenvalue weighted by atomic mass is 32.2. The minimum atomic E-state index is -3.61. The zero-order valence-corrected chi connectivity index (χ0v) is 19.5. The van der Waals surface area contributed by atoms with Gasteiger partial charge in [0.15, 0.2) is 0 Å². The van der Waals surface area contributed by atoms with Crippen molar-refractivity contribution in [3.63, 3.8) is 0 Å². The summed E-state index contributed by atoms with van der Waals surface area (Å²) in [6, 6.07) is 20.6. The summed E-state index contributed by atoms with van der Waals surface area (Å²) in [5, 5.41) is 2.91. The lowest BCUT2D eigenvalue weighted by Gasteiger charge is -2.31. The molecule has 0 aliphatic carbocycles. The highest BCUT2D eigenvalue weighted by molar-refractivity contribution is 7.89. The number of carbonyl (C=O) groups is 2. The Bertz CT molecular complexity index is 1300. The predicted molar refractivity (Wildman–Crippen MR) is 126 cm³/mol. The SMILES string of the molecule is Cc1ccc2c(c1)C(c1ccccc1)N(C(=O)c1ccc(S(=O)(=O)N(C)C)cc1)CC(=O)N2. The van der Waals surface area contributed by atoms with Gasteiger partial charge in [0.2, 0.25) is 15.9 Å². The summed E-state index contributed by atoms with van der Waals surface area (Å²) in [4.78, 5) is 28.0. The maximum absolute atomic E-state index is 13.7. The number of benzene rings is 3. The molecule has 33 heavy (non-hydrogen) atoms. The fourth-order valence-electron chi connectivity index (χ4n) is 3.96. The molecule has 0 radical (unpaired) electrons. The molecule has 7 nitrogen and oxygen atoms in total. The molecule has 0 bridgehead atoms. The van der Waals surface area contributed by atoms with Gasteiger partial charge in [-0.2, -0.15) is 0 Å². The van der Waals surface area contributed by atoms with Gasteiger partial charge in [-0.15, -0.1) is 0 Å². The number of hydrogen-bond donors (Lipinski definition) is 1. The number of nitrogens with one attached hydrogen (secondary N) is 1. The van der Waals surface area contributed by atoms with E-state index in [1.165, 1.54) is 43.3 Å². The van der Waals surface area contributed by atoms with Crippen molar-refractivity contribution in [1.82, 2.24) is 9.21 Å². The van der Waals surface area contributed by atoms with Gasteiger partial charge in [-0.05, 0) is 42.8 Å². The lowest BCUT2D eigenvalue weighted by atomic mass is 9.94. The van der Waals surface area contributed by atoms with Gasteiger partial charge in [-0.3, -0.25) is 9.59 Å². The second kappa shape index (κ2) is 8.80. The topological polar surface area (TPSA) is 86.8 Å². The van der Waals surface area contributed by atoms with E-state index in [0.29, 0.717) is 11.3 Å². The second-order valence-electron chi connectivity index (χ2n) is 8.20. The zero-order chi connectivity index (χ0) is 23.8. The molecule has 1 aliphatic rings. The third kappa shape index (κ3) is 4.40. The fraction of sp³-hybridized carbons (Fsp3) is 0.200. The monoisotopic (exact) mass is 463 g/mol.